The van der Waals surface area contributed by atoms with Crippen LogP contribution in [-0.2, 0) is 24.0 Å². The van der Waals surface area contributed by atoms with E-state index < -0.39 is 48.1 Å². The summed E-state index contributed by atoms with van der Waals surface area (Å²) in [5.74, 6) is -1.91. The summed E-state index contributed by atoms with van der Waals surface area (Å²) < 4.78 is 22.0. The van der Waals surface area contributed by atoms with Gasteiger partial charge in [-0.15, -0.1) is 10.1 Å². The minimum atomic E-state index is -1.68. The third-order valence-corrected chi connectivity index (χ3v) is 6.41. The number of aryl methyl sites for hydroxylation is 2. The fourth-order valence-corrected chi connectivity index (χ4v) is 4.26. The van der Waals surface area contributed by atoms with Crippen LogP contribution < -0.4 is 25.1 Å². The fraction of sp³-hybridized carbons (Fsp3) is 0.393. The molecule has 0 spiro atoms. The number of H-pyrrole nitrogens is 1. The summed E-state index contributed by atoms with van der Waals surface area (Å²) in [7, 11) is 2.95. The van der Waals surface area contributed by atoms with Gasteiger partial charge in [-0.25, -0.2) is 9.78 Å². The molecule has 0 saturated carbocycles. The summed E-state index contributed by atoms with van der Waals surface area (Å²) in [6.07, 6.45) is -0.904. The summed E-state index contributed by atoms with van der Waals surface area (Å²) in [5, 5.41) is 20.5. The lowest BCUT2D eigenvalue weighted by molar-refractivity contribution is -0.754. The number of carbonyl (C=O) groups excluding carboxylic acids is 2. The molecule has 16 nitrogen and oxygen atoms in total. The van der Waals surface area contributed by atoms with Crippen molar-refractivity contribution < 1.29 is 48.4 Å². The van der Waals surface area contributed by atoms with Gasteiger partial charge in [-0.1, -0.05) is 6.92 Å². The Hall–Kier alpha value is -5.41. The summed E-state index contributed by atoms with van der Waals surface area (Å²) in [4.78, 5) is 69.9. The molecule has 236 valence electrons. The number of amides is 1. The molecule has 44 heavy (non-hydrogen) atoms. The van der Waals surface area contributed by atoms with E-state index in [0.29, 0.717) is 51.7 Å². The number of rotatable bonds is 15. The van der Waals surface area contributed by atoms with Crippen molar-refractivity contribution in [3.8, 4) is 28.6 Å². The van der Waals surface area contributed by atoms with E-state index in [1.165, 1.54) is 14.2 Å². The summed E-state index contributed by atoms with van der Waals surface area (Å²) in [6.45, 7) is 4.17. The van der Waals surface area contributed by atoms with Gasteiger partial charge in [0.15, 0.2) is 6.61 Å². The SMILES string of the molecule is CCC(COC(=O)CC(NC(=O)CO[N+](=O)[O-])C(=O)O)Oc1c(C)cc(-c2nc3cc(OC)cc(OC)c3c(=O)[nH]2)cc1C. The number of hydrogen-bond acceptors (Lipinski definition) is 12. The van der Waals surface area contributed by atoms with Gasteiger partial charge in [-0.05, 0) is 43.5 Å². The Morgan fingerprint density at radius 3 is 2.36 bits per heavy atom. The lowest BCUT2D eigenvalue weighted by Crippen LogP contribution is -2.44. The third kappa shape index (κ3) is 8.33. The lowest BCUT2D eigenvalue weighted by atomic mass is 10.0. The standard InChI is InChI=1S/C28H32N4O12/c1-6-17(12-42-23(34)11-20(28(36)37)29-22(33)13-43-32(38)39)44-25-14(2)7-16(8-15(25)3)26-30-19-9-18(40-4)10-21(41-5)24(19)27(35)31-26/h7-10,17,20H,6,11-13H2,1-5H3,(H,29,33)(H,36,37)(H,30,31,35). The molecule has 2 aromatic carbocycles. The molecule has 0 radical (unpaired) electrons. The highest BCUT2D eigenvalue weighted by molar-refractivity contribution is 5.88. The molecule has 0 saturated heterocycles. The van der Waals surface area contributed by atoms with Crippen molar-refractivity contribution in [2.45, 2.75) is 45.8 Å². The van der Waals surface area contributed by atoms with Gasteiger partial charge in [0.25, 0.3) is 10.6 Å². The van der Waals surface area contributed by atoms with E-state index in [2.05, 4.69) is 14.8 Å². The Kier molecular flexibility index (Phi) is 11.0. The third-order valence-electron chi connectivity index (χ3n) is 6.41. The molecule has 1 aromatic heterocycles. The van der Waals surface area contributed by atoms with Crippen LogP contribution in [0.3, 0.4) is 0 Å². The van der Waals surface area contributed by atoms with E-state index in [-0.39, 0.29) is 17.6 Å². The van der Waals surface area contributed by atoms with Crippen LogP contribution >= 0.6 is 0 Å². The molecule has 0 fully saturated rings. The summed E-state index contributed by atoms with van der Waals surface area (Å²) >= 11 is 0. The van der Waals surface area contributed by atoms with E-state index in [9.17, 15) is 34.4 Å². The average Bonchev–Trinajstić information content (AvgIpc) is 2.97. The van der Waals surface area contributed by atoms with E-state index in [0.717, 1.165) is 0 Å². The predicted octanol–water partition coefficient (Wildman–Crippen LogP) is 2.09. The number of aromatic amines is 1. The maximum atomic E-state index is 12.9. The van der Waals surface area contributed by atoms with Crippen LogP contribution in [0.25, 0.3) is 22.3 Å². The van der Waals surface area contributed by atoms with Gasteiger partial charge in [-0.3, -0.25) is 14.4 Å². The van der Waals surface area contributed by atoms with E-state index in [4.69, 9.17) is 18.9 Å². The highest BCUT2D eigenvalue weighted by atomic mass is 16.9. The first-order valence-electron chi connectivity index (χ1n) is 13.3. The quantitative estimate of drug-likeness (QED) is 0.127. The van der Waals surface area contributed by atoms with Crippen molar-refractivity contribution >= 4 is 28.7 Å². The molecule has 16 heteroatoms. The number of aromatic nitrogens is 2. The average molecular weight is 617 g/mol. The molecular formula is C28H32N4O12. The number of hydrogen-bond donors (Lipinski definition) is 3. The van der Waals surface area contributed by atoms with Crippen molar-refractivity contribution in [2.24, 2.45) is 0 Å². The second-order valence-electron chi connectivity index (χ2n) is 9.57. The van der Waals surface area contributed by atoms with Crippen LogP contribution in [0.4, 0.5) is 0 Å². The zero-order valence-electron chi connectivity index (χ0n) is 24.6. The summed E-state index contributed by atoms with van der Waals surface area (Å²) in [5.41, 5.74) is 2.04. The minimum Gasteiger partial charge on any atom is -0.497 e. The number of carboxylic acid groups (broad SMARTS) is 1. The summed E-state index contributed by atoms with van der Waals surface area (Å²) in [6, 6.07) is 5.12. The van der Waals surface area contributed by atoms with Gasteiger partial charge < -0.3 is 39.2 Å². The van der Waals surface area contributed by atoms with Gasteiger partial charge in [0, 0.05) is 17.7 Å². The molecule has 0 aliphatic carbocycles. The van der Waals surface area contributed by atoms with Gasteiger partial charge in [0.2, 0.25) is 5.91 Å². The highest BCUT2D eigenvalue weighted by Gasteiger charge is 2.25. The van der Waals surface area contributed by atoms with Crippen molar-refractivity contribution in [2.75, 3.05) is 27.4 Å². The Labute approximate surface area is 250 Å². The minimum absolute atomic E-state index is 0.218. The molecule has 0 aliphatic rings. The Morgan fingerprint density at radius 1 is 1.11 bits per heavy atom. The zero-order valence-corrected chi connectivity index (χ0v) is 24.6. The molecule has 2 unspecified atom stereocenters. The van der Waals surface area contributed by atoms with Gasteiger partial charge in [0.05, 0.1) is 26.2 Å². The van der Waals surface area contributed by atoms with E-state index in [1.54, 1.807) is 45.0 Å². The van der Waals surface area contributed by atoms with Crippen LogP contribution in [0.2, 0.25) is 0 Å². The molecule has 2 atom stereocenters. The van der Waals surface area contributed by atoms with Gasteiger partial charge in [0.1, 0.15) is 47.2 Å². The Balaban J connectivity index is 1.72. The van der Waals surface area contributed by atoms with E-state index >= 15 is 0 Å². The van der Waals surface area contributed by atoms with Crippen LogP contribution in [0.1, 0.15) is 30.9 Å². The number of aliphatic carboxylic acids is 1. The van der Waals surface area contributed by atoms with Crippen LogP contribution in [0, 0.1) is 24.0 Å². The number of carbonyl (C=O) groups is 3. The van der Waals surface area contributed by atoms with Gasteiger partial charge in [-0.2, -0.15) is 0 Å². The largest absolute Gasteiger partial charge is 0.497 e. The number of esters is 1. The molecule has 0 aliphatic heterocycles. The Bertz CT molecular complexity index is 1600. The van der Waals surface area contributed by atoms with Crippen molar-refractivity contribution in [1.29, 1.82) is 0 Å². The van der Waals surface area contributed by atoms with Crippen LogP contribution in [0.5, 0.6) is 17.2 Å². The van der Waals surface area contributed by atoms with Crippen molar-refractivity contribution in [3.63, 3.8) is 0 Å². The first-order chi connectivity index (χ1) is 20.9. The van der Waals surface area contributed by atoms with Crippen molar-refractivity contribution in [3.05, 3.63) is 55.9 Å². The monoisotopic (exact) mass is 616 g/mol. The Morgan fingerprint density at radius 2 is 1.80 bits per heavy atom. The maximum absolute atomic E-state index is 12.9. The number of nitrogens with zero attached hydrogens (tertiary/aromatic N) is 2. The zero-order chi connectivity index (χ0) is 32.6. The van der Waals surface area contributed by atoms with Crippen molar-refractivity contribution in [1.82, 2.24) is 15.3 Å². The molecule has 1 heterocycles. The fourth-order valence-electron chi connectivity index (χ4n) is 4.26. The van der Waals surface area contributed by atoms with Gasteiger partial charge >= 0.3 is 11.9 Å². The second kappa shape index (κ2) is 14.7. The molecule has 3 aromatic rings. The second-order valence-corrected chi connectivity index (χ2v) is 9.57. The number of fused-ring (bicyclic) bond motifs is 1. The molecule has 1 amide bonds. The number of ether oxygens (including phenoxy) is 4. The smallest absolute Gasteiger partial charge is 0.326 e. The number of benzene rings is 2. The topological polar surface area (TPSA) is 219 Å². The lowest BCUT2D eigenvalue weighted by Gasteiger charge is -2.21. The first-order valence-corrected chi connectivity index (χ1v) is 13.3. The number of methoxy groups -OCH3 is 2. The maximum Gasteiger partial charge on any atom is 0.326 e. The molecular weight excluding hydrogens is 584 g/mol. The highest BCUT2D eigenvalue weighted by Crippen LogP contribution is 2.32. The van der Waals surface area contributed by atoms with E-state index in [1.807, 2.05) is 5.32 Å². The normalized spacial score (nSPS) is 12.1. The molecule has 0 bridgehead atoms. The predicted molar refractivity (Wildman–Crippen MR) is 153 cm³/mol. The molecule has 3 N–H and O–H groups in total. The number of nitrogens with one attached hydrogen (secondary N) is 2. The number of carboxylic acids is 1. The van der Waals surface area contributed by atoms with Crippen LogP contribution in [0.15, 0.2) is 29.1 Å². The first kappa shape index (κ1) is 33.1. The molecule has 3 rings (SSSR count). The van der Waals surface area contributed by atoms with Crippen LogP contribution in [-0.4, -0.2) is 77.6 Å².